The quantitative estimate of drug-likeness (QED) is 0.602. The van der Waals surface area contributed by atoms with E-state index in [9.17, 15) is 9.59 Å². The van der Waals surface area contributed by atoms with Crippen LogP contribution in [0.15, 0.2) is 0 Å². The highest BCUT2D eigenvalue weighted by molar-refractivity contribution is 5.95. The van der Waals surface area contributed by atoms with Crippen molar-refractivity contribution in [2.45, 2.75) is 26.8 Å². The van der Waals surface area contributed by atoms with Crippen LogP contribution in [0.25, 0.3) is 0 Å². The maximum Gasteiger partial charge on any atom is 0.326 e. The monoisotopic (exact) mass is 183 g/mol. The average Bonchev–Trinajstić information content (AvgIpc) is 1.96. The molecule has 0 aromatic carbocycles. The van der Waals surface area contributed by atoms with Gasteiger partial charge in [0.1, 0.15) is 6.04 Å². The number of aliphatic carboxylic acids is 1. The highest BCUT2D eigenvalue weighted by atomic mass is 16.4. The van der Waals surface area contributed by atoms with Gasteiger partial charge in [0.05, 0.1) is 0 Å². The summed E-state index contributed by atoms with van der Waals surface area (Å²) in [6.07, 6.45) is 4.81. The van der Waals surface area contributed by atoms with Crippen LogP contribution in [-0.2, 0) is 9.59 Å². The summed E-state index contributed by atoms with van der Waals surface area (Å²) in [5.41, 5.74) is -0.557. The highest BCUT2D eigenvalue weighted by Gasteiger charge is 2.32. The van der Waals surface area contributed by atoms with Crippen LogP contribution in [0.2, 0.25) is 0 Å². The number of nitrogens with one attached hydrogen (secondary N) is 1. The summed E-state index contributed by atoms with van der Waals surface area (Å²) in [6, 6.07) is -0.962. The number of amides is 1. The molecule has 1 atom stereocenters. The van der Waals surface area contributed by atoms with E-state index in [1.165, 1.54) is 0 Å². The Kier molecular flexibility index (Phi) is 3.49. The molecule has 1 unspecified atom stereocenters. The molecule has 0 rings (SSSR count). The Balaban J connectivity index is 4.58. The molecule has 72 valence electrons. The summed E-state index contributed by atoms with van der Waals surface area (Å²) in [7, 11) is 0. The number of carbonyl (C=O) groups is 2. The van der Waals surface area contributed by atoms with Crippen LogP contribution in [0.3, 0.4) is 0 Å². The van der Waals surface area contributed by atoms with Crippen molar-refractivity contribution in [1.29, 1.82) is 0 Å². The van der Waals surface area contributed by atoms with Crippen molar-refractivity contribution < 1.29 is 14.7 Å². The Morgan fingerprint density at radius 1 is 1.46 bits per heavy atom. The zero-order valence-corrected chi connectivity index (χ0v) is 7.92. The topological polar surface area (TPSA) is 66.4 Å². The maximum absolute atomic E-state index is 10.8. The van der Waals surface area contributed by atoms with Crippen molar-refractivity contribution in [1.82, 2.24) is 5.32 Å². The van der Waals surface area contributed by atoms with Gasteiger partial charge in [0, 0.05) is 0 Å². The molecule has 0 aliphatic carbocycles. The van der Waals surface area contributed by atoms with Crippen LogP contribution >= 0.6 is 0 Å². The van der Waals surface area contributed by atoms with Gasteiger partial charge >= 0.3 is 5.97 Å². The zero-order chi connectivity index (χ0) is 10.6. The van der Waals surface area contributed by atoms with Gasteiger partial charge in [-0.2, -0.15) is 0 Å². The molecule has 2 N–H and O–H groups in total. The van der Waals surface area contributed by atoms with Gasteiger partial charge in [0.25, 0.3) is 5.91 Å². The van der Waals surface area contributed by atoms with E-state index in [0.717, 1.165) is 0 Å². The lowest BCUT2D eigenvalue weighted by Gasteiger charge is -2.26. The van der Waals surface area contributed by atoms with Crippen molar-refractivity contribution in [2.75, 3.05) is 0 Å². The third-order valence-corrected chi connectivity index (χ3v) is 1.52. The Hall–Kier alpha value is -1.50. The predicted octanol–water partition coefficient (Wildman–Crippen LogP) is 0.235. The predicted molar refractivity (Wildman–Crippen MR) is 47.9 cm³/mol. The first kappa shape index (κ1) is 11.5. The number of carbonyl (C=O) groups excluding carboxylic acids is 1. The second kappa shape index (κ2) is 3.94. The molecular weight excluding hydrogens is 170 g/mol. The second-order valence-electron chi connectivity index (χ2n) is 3.76. The lowest BCUT2D eigenvalue weighted by Crippen LogP contribution is -2.48. The van der Waals surface area contributed by atoms with E-state index >= 15 is 0 Å². The van der Waals surface area contributed by atoms with Crippen molar-refractivity contribution in [3.63, 3.8) is 0 Å². The molecule has 0 spiro atoms. The van der Waals surface area contributed by atoms with Gasteiger partial charge < -0.3 is 10.4 Å². The number of hydrogen-bond acceptors (Lipinski definition) is 2. The molecule has 1 amide bonds. The van der Waals surface area contributed by atoms with Crippen LogP contribution in [0.4, 0.5) is 0 Å². The first-order valence-corrected chi connectivity index (χ1v) is 3.79. The molecule has 0 radical (unpaired) electrons. The summed E-state index contributed by atoms with van der Waals surface area (Å²) in [5.74, 6) is 0.0159. The zero-order valence-electron chi connectivity index (χ0n) is 7.92. The molecule has 4 heteroatoms. The fourth-order valence-electron chi connectivity index (χ4n) is 0.821. The standard InChI is InChI=1S/C9H13NO3/c1-5-6(11)10-7(8(12)13)9(2,3)4/h1,7H,2-4H3,(H,10,11)(H,12,13). The first-order chi connectivity index (χ1) is 5.79. The van der Waals surface area contributed by atoms with Crippen LogP contribution in [0, 0.1) is 17.8 Å². The molecule has 0 fully saturated rings. The average molecular weight is 183 g/mol. The van der Waals surface area contributed by atoms with E-state index in [1.807, 2.05) is 5.92 Å². The Morgan fingerprint density at radius 3 is 2.15 bits per heavy atom. The van der Waals surface area contributed by atoms with Gasteiger partial charge in [0.15, 0.2) is 0 Å². The molecule has 0 aromatic heterocycles. The molecule has 0 bridgehead atoms. The van der Waals surface area contributed by atoms with E-state index in [1.54, 1.807) is 20.8 Å². The van der Waals surface area contributed by atoms with Crippen LogP contribution in [-0.4, -0.2) is 23.0 Å². The normalized spacial score (nSPS) is 12.8. The summed E-state index contributed by atoms with van der Waals surface area (Å²) in [4.78, 5) is 21.5. The highest BCUT2D eigenvalue weighted by Crippen LogP contribution is 2.19. The summed E-state index contributed by atoms with van der Waals surface area (Å²) in [5, 5.41) is 11.0. The van der Waals surface area contributed by atoms with Crippen molar-refractivity contribution >= 4 is 11.9 Å². The summed E-state index contributed by atoms with van der Waals surface area (Å²) >= 11 is 0. The van der Waals surface area contributed by atoms with Gasteiger partial charge in [0.2, 0.25) is 0 Å². The van der Waals surface area contributed by atoms with E-state index in [-0.39, 0.29) is 0 Å². The SMILES string of the molecule is C#CC(=O)NC(C(=O)O)C(C)(C)C. The fraction of sp³-hybridized carbons (Fsp3) is 0.556. The van der Waals surface area contributed by atoms with E-state index in [4.69, 9.17) is 11.5 Å². The molecule has 0 saturated heterocycles. The molecule has 0 aromatic rings. The lowest BCUT2D eigenvalue weighted by atomic mass is 9.87. The van der Waals surface area contributed by atoms with E-state index < -0.39 is 23.3 Å². The largest absolute Gasteiger partial charge is 0.480 e. The van der Waals surface area contributed by atoms with Crippen molar-refractivity contribution in [2.24, 2.45) is 5.41 Å². The van der Waals surface area contributed by atoms with Gasteiger partial charge in [-0.25, -0.2) is 4.79 Å². The van der Waals surface area contributed by atoms with Gasteiger partial charge in [-0.15, -0.1) is 6.42 Å². The van der Waals surface area contributed by atoms with Crippen LogP contribution in [0.5, 0.6) is 0 Å². The van der Waals surface area contributed by atoms with E-state index in [0.29, 0.717) is 0 Å². The number of terminal acetylenes is 1. The number of rotatable bonds is 2. The molecular formula is C9H13NO3. The van der Waals surface area contributed by atoms with Gasteiger partial charge in [-0.3, -0.25) is 4.79 Å². The minimum atomic E-state index is -1.09. The van der Waals surface area contributed by atoms with Crippen molar-refractivity contribution in [3.8, 4) is 12.3 Å². The molecule has 0 aliphatic rings. The summed E-state index contributed by atoms with van der Waals surface area (Å²) in [6.45, 7) is 5.13. The minimum absolute atomic E-state index is 0.557. The van der Waals surface area contributed by atoms with E-state index in [2.05, 4.69) is 5.32 Å². The first-order valence-electron chi connectivity index (χ1n) is 3.79. The molecule has 4 nitrogen and oxygen atoms in total. The second-order valence-corrected chi connectivity index (χ2v) is 3.76. The Labute approximate surface area is 77.3 Å². The third-order valence-electron chi connectivity index (χ3n) is 1.52. The minimum Gasteiger partial charge on any atom is -0.480 e. The molecule has 13 heavy (non-hydrogen) atoms. The Morgan fingerprint density at radius 2 is 1.92 bits per heavy atom. The third kappa shape index (κ3) is 3.61. The molecule has 0 aliphatic heterocycles. The number of carboxylic acids is 1. The maximum atomic E-state index is 10.8. The smallest absolute Gasteiger partial charge is 0.326 e. The van der Waals surface area contributed by atoms with Crippen LogP contribution in [0.1, 0.15) is 20.8 Å². The number of carboxylic acid groups (broad SMARTS) is 1. The fourth-order valence-corrected chi connectivity index (χ4v) is 0.821. The molecule has 0 heterocycles. The lowest BCUT2D eigenvalue weighted by molar-refractivity contribution is -0.144. The van der Waals surface area contributed by atoms with Gasteiger partial charge in [-0.1, -0.05) is 20.8 Å². The van der Waals surface area contributed by atoms with Gasteiger partial charge in [-0.05, 0) is 11.3 Å². The Bertz CT molecular complexity index is 257. The van der Waals surface area contributed by atoms with Crippen molar-refractivity contribution in [3.05, 3.63) is 0 Å². The molecule has 0 saturated carbocycles. The summed E-state index contributed by atoms with van der Waals surface area (Å²) < 4.78 is 0. The number of hydrogen-bond donors (Lipinski definition) is 2. The van der Waals surface area contributed by atoms with Crippen LogP contribution < -0.4 is 5.32 Å².